The van der Waals surface area contributed by atoms with E-state index in [2.05, 4.69) is 75.5 Å². The van der Waals surface area contributed by atoms with Crippen molar-refractivity contribution in [2.45, 2.75) is 190 Å². The average molecular weight is 1800 g/mol. The van der Waals surface area contributed by atoms with Crippen molar-refractivity contribution in [3.8, 4) is 39.6 Å². The van der Waals surface area contributed by atoms with Crippen LogP contribution in [0.1, 0.15) is 163 Å². The van der Waals surface area contributed by atoms with Gasteiger partial charge in [0.05, 0.1) is 77.6 Å². The number of aryl methyl sites for hydroxylation is 3. The summed E-state index contributed by atoms with van der Waals surface area (Å²) in [6.45, 7) is 44.3. The standard InChI is InChI=1S/C35H40ClFN6O2.C32H34N6O4.C30H36ClF2N7O2/c1-9-30(44)41-17-23(6)42(18-22(41)5)33-27-16-28(36)31(25-12-10-11-13-29(25)37)38-34(27)43(35(45)39-33)32-21(4)14-24(19-40(7)8)15-26(32)20(2)3;1-7-26(39)36-16-21(6)37(17-20(36)5)29-24-12-13-25(22-10-8-9-11-23(22)31(40)41)34-30(24)38(32(42)35-29)28-19(4)14-15-33-27(28)18(2)3;1-7-23(41)38-14-19(6)39(15-18(38)5)27-20-13-21(31)29(37-12-8-9-22(37)26(32)33)35-28(20)40(30(42)36-27)25-17(4)10-11-34-24(25)16(2)3/h9-16,20,22-23H,1,17-19H2,2-8H3;7-15,18,20-21H,1,16-17H2,2-6H3,(H,40,41);7,10-11,13,16,18-19,22,26H,1,8-9,12,14-15H2,2-6H3. The van der Waals surface area contributed by atoms with Gasteiger partial charge in [-0.25, -0.2) is 61.0 Å². The molecule has 4 fully saturated rings. The number of aromatic nitrogens is 11. The number of anilines is 4. The third kappa shape index (κ3) is 18.6. The molecule has 15 rings (SSSR count). The van der Waals surface area contributed by atoms with Gasteiger partial charge < -0.3 is 44.3 Å². The molecule has 3 amide bonds. The number of nitrogens with zero attached hydrogens (tertiary/aromatic N) is 19. The van der Waals surface area contributed by atoms with Crippen molar-refractivity contribution >= 4 is 103 Å². The Bertz CT molecular complexity index is 6440. The Labute approximate surface area is 757 Å². The molecule has 0 radical (unpaired) electrons. The highest BCUT2D eigenvalue weighted by Gasteiger charge is 2.41. The summed E-state index contributed by atoms with van der Waals surface area (Å²) >= 11 is 13.7. The second kappa shape index (κ2) is 38.8. The molecule has 4 saturated heterocycles. The number of carboxylic acids is 1. The zero-order valence-electron chi connectivity index (χ0n) is 75.9. The van der Waals surface area contributed by atoms with Gasteiger partial charge in [0.2, 0.25) is 17.7 Å². The van der Waals surface area contributed by atoms with Gasteiger partial charge in [-0.2, -0.15) is 15.0 Å². The molecule has 12 heterocycles. The normalized spacial score (nSPS) is 18.4. The molecule has 7 unspecified atom stereocenters. The van der Waals surface area contributed by atoms with Crippen LogP contribution in [0.5, 0.6) is 0 Å². The van der Waals surface area contributed by atoms with E-state index in [-0.39, 0.29) is 110 Å². The fourth-order valence-corrected chi connectivity index (χ4v) is 18.7. The maximum atomic E-state index is 15.1. The smallest absolute Gasteiger partial charge is 0.355 e. The Morgan fingerprint density at radius 2 is 0.946 bits per heavy atom. The number of hydrogen-bond donors (Lipinski definition) is 1. The largest absolute Gasteiger partial charge is 0.478 e. The van der Waals surface area contributed by atoms with Gasteiger partial charge in [0.1, 0.15) is 29.1 Å². The number of carboxylic acid groups (broad SMARTS) is 1. The summed E-state index contributed by atoms with van der Waals surface area (Å²) in [6.07, 6.45) is 5.69. The molecule has 0 saturated carbocycles. The predicted octanol–water partition coefficient (Wildman–Crippen LogP) is 16.0. The highest BCUT2D eigenvalue weighted by Crippen LogP contribution is 2.43. The van der Waals surface area contributed by atoms with Gasteiger partial charge in [-0.15, -0.1) is 0 Å². The van der Waals surface area contributed by atoms with E-state index in [0.29, 0.717) is 138 Å². The lowest BCUT2D eigenvalue weighted by Crippen LogP contribution is -2.58. The van der Waals surface area contributed by atoms with Crippen LogP contribution in [0.15, 0.2) is 162 Å². The Kier molecular flexibility index (Phi) is 28.3. The third-order valence-corrected chi connectivity index (χ3v) is 25.0. The molecule has 0 aliphatic carbocycles. The second-order valence-corrected chi connectivity index (χ2v) is 35.9. The van der Waals surface area contributed by atoms with Crippen molar-refractivity contribution in [2.75, 3.05) is 79.5 Å². The first-order valence-corrected chi connectivity index (χ1v) is 44.2. The number of amides is 3. The first-order chi connectivity index (χ1) is 61.3. The Morgan fingerprint density at radius 1 is 0.504 bits per heavy atom. The number of fused-ring (bicyclic) bond motifs is 3. The minimum Gasteiger partial charge on any atom is -0.478 e. The molecule has 129 heavy (non-hydrogen) atoms. The fourth-order valence-electron chi connectivity index (χ4n) is 18.1. The van der Waals surface area contributed by atoms with E-state index >= 15 is 4.39 Å². The molecular weight excluding hydrogens is 1690 g/mol. The van der Waals surface area contributed by atoms with Gasteiger partial charge in [0, 0.05) is 112 Å². The maximum Gasteiger partial charge on any atom is 0.355 e. The fraction of sp³-hybridized carbons (Fsp3) is 0.392. The lowest BCUT2D eigenvalue weighted by atomic mass is 9.94. The molecule has 3 aromatic carbocycles. The molecule has 27 nitrogen and oxygen atoms in total. The molecule has 32 heteroatoms. The average Bonchev–Trinajstić information content (AvgIpc) is 1.12. The minimum atomic E-state index is -2.57. The number of pyridine rings is 5. The highest BCUT2D eigenvalue weighted by molar-refractivity contribution is 6.34. The van der Waals surface area contributed by atoms with Crippen LogP contribution in [0.4, 0.5) is 36.4 Å². The van der Waals surface area contributed by atoms with E-state index in [1.807, 2.05) is 137 Å². The van der Waals surface area contributed by atoms with E-state index < -0.39 is 41.3 Å². The second-order valence-electron chi connectivity index (χ2n) is 35.1. The van der Waals surface area contributed by atoms with Crippen LogP contribution >= 0.6 is 23.2 Å². The molecule has 1 N–H and O–H groups in total. The summed E-state index contributed by atoms with van der Waals surface area (Å²) in [6, 6.07) is 25.9. The molecule has 7 atom stereocenters. The van der Waals surface area contributed by atoms with Crippen molar-refractivity contribution in [2.24, 2.45) is 0 Å². The number of carbonyl (C=O) groups is 4. The number of rotatable bonds is 19. The van der Waals surface area contributed by atoms with Gasteiger partial charge in [-0.3, -0.25) is 24.4 Å². The number of aromatic carboxylic acids is 1. The summed E-state index contributed by atoms with van der Waals surface area (Å²) in [5.41, 5.74) is 8.77. The van der Waals surface area contributed by atoms with E-state index in [9.17, 15) is 47.4 Å². The molecule has 0 spiro atoms. The Balaban J connectivity index is 0.000000165. The van der Waals surface area contributed by atoms with Crippen molar-refractivity contribution in [3.05, 3.63) is 240 Å². The quantitative estimate of drug-likeness (QED) is 0.0736. The van der Waals surface area contributed by atoms with Crippen LogP contribution in [-0.2, 0) is 20.9 Å². The lowest BCUT2D eigenvalue weighted by molar-refractivity contribution is -0.129. The number of hydrogen-bond acceptors (Lipinski definition) is 20. The van der Waals surface area contributed by atoms with Crippen LogP contribution in [0.25, 0.3) is 72.7 Å². The van der Waals surface area contributed by atoms with Gasteiger partial charge in [0.25, 0.3) is 6.43 Å². The zero-order valence-corrected chi connectivity index (χ0v) is 77.4. The van der Waals surface area contributed by atoms with Crippen LogP contribution < -0.4 is 36.7 Å². The SMILES string of the molecule is C=CC(=O)N1CC(C)N(c2nc(=O)n(-c3c(C)cc(CN(C)C)cc3C(C)C)c3nc(-c4ccccc4F)c(Cl)cc23)CC1C.C=CC(=O)N1CC(C)N(c2nc(=O)n(-c3c(C)ccnc3C(C)C)c3nc(-c4ccccc4C(=O)O)ccc23)CC1C.C=CC(=O)N1CC(C)N(c2nc(=O)n(-c3c(C)ccnc3C(C)C)c3nc(N4CCCC4C(F)F)c(Cl)cc23)CC1C. The van der Waals surface area contributed by atoms with Gasteiger partial charge in [0.15, 0.2) is 16.9 Å². The predicted molar refractivity (Wildman–Crippen MR) is 504 cm³/mol. The molecule has 4 aliphatic heterocycles. The number of halogens is 5. The topological polar surface area (TPSA) is 284 Å². The van der Waals surface area contributed by atoms with E-state index in [0.717, 1.165) is 40.1 Å². The first kappa shape index (κ1) is 94.1. The monoisotopic (exact) mass is 1800 g/mol. The van der Waals surface area contributed by atoms with Crippen molar-refractivity contribution in [1.29, 1.82) is 0 Å². The third-order valence-electron chi connectivity index (χ3n) is 24.5. The maximum absolute atomic E-state index is 15.1. The van der Waals surface area contributed by atoms with Gasteiger partial charge >= 0.3 is 23.0 Å². The van der Waals surface area contributed by atoms with Crippen molar-refractivity contribution < 1.29 is 37.5 Å². The molecule has 4 aliphatic rings. The molecule has 0 bridgehead atoms. The molecule has 8 aromatic heterocycles. The number of piperazine rings is 3. The highest BCUT2D eigenvalue weighted by atomic mass is 35.5. The number of carbonyl (C=O) groups excluding carboxylic acids is 3. The van der Waals surface area contributed by atoms with Gasteiger partial charge in [-0.05, 0) is 208 Å². The van der Waals surface area contributed by atoms with Gasteiger partial charge in [-0.1, -0.05) is 127 Å². The minimum absolute atomic E-state index is 0.00814. The molecule has 676 valence electrons. The first-order valence-electron chi connectivity index (χ1n) is 43.4. The zero-order chi connectivity index (χ0) is 93.5. The van der Waals surface area contributed by atoms with Crippen LogP contribution in [0.3, 0.4) is 0 Å². The molecule has 11 aromatic rings. The molecular formula is C97H110Cl2F3N19O8. The van der Waals surface area contributed by atoms with E-state index in [1.165, 1.54) is 39.5 Å². The number of benzene rings is 3. The summed E-state index contributed by atoms with van der Waals surface area (Å²) in [5.74, 6) is -0.416. The van der Waals surface area contributed by atoms with E-state index in [1.54, 1.807) is 91.2 Å². The van der Waals surface area contributed by atoms with Crippen LogP contribution in [0, 0.1) is 26.6 Å². The Hall–Kier alpha value is -12.5. The lowest BCUT2D eigenvalue weighted by Gasteiger charge is -2.44. The van der Waals surface area contributed by atoms with Crippen LogP contribution in [0.2, 0.25) is 10.0 Å². The summed E-state index contributed by atoms with van der Waals surface area (Å²) in [4.78, 5) is 145. The summed E-state index contributed by atoms with van der Waals surface area (Å²) in [5, 5.41) is 12.0. The summed E-state index contributed by atoms with van der Waals surface area (Å²) < 4.78 is 47.6. The Morgan fingerprint density at radius 3 is 1.40 bits per heavy atom. The van der Waals surface area contributed by atoms with Crippen molar-refractivity contribution in [3.63, 3.8) is 0 Å². The number of alkyl halides is 2. The summed E-state index contributed by atoms with van der Waals surface area (Å²) in [7, 11) is 4.04. The van der Waals surface area contributed by atoms with Crippen LogP contribution in [-0.4, -0.2) is 211 Å². The van der Waals surface area contributed by atoms with E-state index in [4.69, 9.17) is 38.2 Å². The van der Waals surface area contributed by atoms with Crippen molar-refractivity contribution in [1.82, 2.24) is 73.2 Å².